The van der Waals surface area contributed by atoms with Crippen molar-refractivity contribution in [3.05, 3.63) is 75.9 Å². The van der Waals surface area contributed by atoms with Crippen molar-refractivity contribution in [3.63, 3.8) is 0 Å². The number of aryl methyl sites for hydroxylation is 3. The van der Waals surface area contributed by atoms with Gasteiger partial charge in [0.2, 0.25) is 0 Å². The Balaban J connectivity index is 1.95. The molecule has 3 rings (SSSR count). The van der Waals surface area contributed by atoms with Gasteiger partial charge in [0.1, 0.15) is 0 Å². The molecular formula is C29H40. The van der Waals surface area contributed by atoms with Crippen molar-refractivity contribution < 1.29 is 0 Å². The molecule has 0 heteroatoms. The summed E-state index contributed by atoms with van der Waals surface area (Å²) in [5.41, 5.74) is 8.95. The molecule has 0 heterocycles. The highest BCUT2D eigenvalue weighted by molar-refractivity contribution is 5.57. The van der Waals surface area contributed by atoms with Gasteiger partial charge in [-0.15, -0.1) is 0 Å². The number of hydrogen-bond donors (Lipinski definition) is 0. The van der Waals surface area contributed by atoms with E-state index >= 15 is 0 Å². The van der Waals surface area contributed by atoms with Gasteiger partial charge in [-0.1, -0.05) is 88.6 Å². The van der Waals surface area contributed by atoms with Crippen molar-refractivity contribution in [2.24, 2.45) is 5.41 Å². The Hall–Kier alpha value is -1.82. The Kier molecular flexibility index (Phi) is 6.72. The molecule has 1 saturated carbocycles. The number of hydrogen-bond acceptors (Lipinski definition) is 0. The average Bonchev–Trinajstić information content (AvgIpc) is 2.72. The minimum absolute atomic E-state index is 0.0980. The minimum Gasteiger partial charge on any atom is -0.0780 e. The monoisotopic (exact) mass is 388 g/mol. The van der Waals surface area contributed by atoms with Crippen LogP contribution in [-0.4, -0.2) is 0 Å². The molecule has 1 aliphatic rings. The van der Waals surface area contributed by atoms with Crippen LogP contribution in [0.15, 0.2) is 42.5 Å². The number of rotatable bonds is 6. The van der Waals surface area contributed by atoms with Gasteiger partial charge in [0.15, 0.2) is 0 Å². The van der Waals surface area contributed by atoms with Crippen molar-refractivity contribution in [2.75, 3.05) is 0 Å². The molecule has 1 fully saturated rings. The van der Waals surface area contributed by atoms with Gasteiger partial charge in [-0.25, -0.2) is 0 Å². The molecule has 29 heavy (non-hydrogen) atoms. The van der Waals surface area contributed by atoms with E-state index < -0.39 is 0 Å². The number of benzene rings is 2. The third kappa shape index (κ3) is 4.52. The van der Waals surface area contributed by atoms with Gasteiger partial charge in [-0.05, 0) is 85.3 Å². The van der Waals surface area contributed by atoms with Crippen LogP contribution in [0.5, 0.6) is 0 Å². The minimum atomic E-state index is 0.0980. The molecule has 0 aromatic heterocycles. The van der Waals surface area contributed by atoms with E-state index in [0.717, 1.165) is 12.8 Å². The predicted molar refractivity (Wildman–Crippen MR) is 129 cm³/mol. The summed E-state index contributed by atoms with van der Waals surface area (Å²) in [7, 11) is 0. The molecule has 0 nitrogen and oxygen atoms in total. The van der Waals surface area contributed by atoms with Crippen LogP contribution >= 0.6 is 0 Å². The molecule has 0 atom stereocenters. The summed E-state index contributed by atoms with van der Waals surface area (Å²) in [5.74, 6) is 0. The van der Waals surface area contributed by atoms with Gasteiger partial charge in [0.25, 0.3) is 0 Å². The zero-order chi connectivity index (χ0) is 21.1. The Morgan fingerprint density at radius 1 is 0.793 bits per heavy atom. The van der Waals surface area contributed by atoms with Crippen LogP contribution in [0.4, 0.5) is 0 Å². The third-order valence-electron chi connectivity index (χ3n) is 7.75. The molecule has 0 N–H and O–H groups in total. The van der Waals surface area contributed by atoms with E-state index in [0.29, 0.717) is 5.41 Å². The van der Waals surface area contributed by atoms with Gasteiger partial charge in [0.05, 0.1) is 0 Å². The summed E-state index contributed by atoms with van der Waals surface area (Å²) in [4.78, 5) is 0. The molecule has 1 aliphatic carbocycles. The van der Waals surface area contributed by atoms with Crippen LogP contribution in [0.2, 0.25) is 0 Å². The summed E-state index contributed by atoms with van der Waals surface area (Å²) in [6.45, 7) is 13.8. The maximum atomic E-state index is 2.49. The lowest BCUT2D eigenvalue weighted by atomic mass is 9.69. The second-order valence-electron chi connectivity index (χ2n) is 9.71. The second kappa shape index (κ2) is 8.90. The van der Waals surface area contributed by atoms with Gasteiger partial charge in [0, 0.05) is 5.41 Å². The molecule has 0 spiro atoms. The van der Waals surface area contributed by atoms with E-state index in [1.165, 1.54) is 65.5 Å². The van der Waals surface area contributed by atoms with Gasteiger partial charge < -0.3 is 0 Å². The predicted octanol–water partition coefficient (Wildman–Crippen LogP) is 8.70. The highest BCUT2D eigenvalue weighted by Gasteiger charge is 2.31. The lowest BCUT2D eigenvalue weighted by Gasteiger charge is -2.34. The molecule has 0 amide bonds. The van der Waals surface area contributed by atoms with Crippen molar-refractivity contribution in [3.8, 4) is 0 Å². The van der Waals surface area contributed by atoms with Crippen molar-refractivity contribution in [1.82, 2.24) is 0 Å². The van der Waals surface area contributed by atoms with Crippen LogP contribution in [0.25, 0.3) is 6.08 Å². The Morgan fingerprint density at radius 3 is 1.93 bits per heavy atom. The molecular weight excluding hydrogens is 348 g/mol. The highest BCUT2D eigenvalue weighted by atomic mass is 14.3. The normalized spacial score (nSPS) is 17.0. The van der Waals surface area contributed by atoms with Crippen LogP contribution in [0, 0.1) is 26.2 Å². The maximum absolute atomic E-state index is 2.49. The lowest BCUT2D eigenvalue weighted by Crippen LogP contribution is -2.26. The largest absolute Gasteiger partial charge is 0.0780 e. The molecule has 156 valence electrons. The van der Waals surface area contributed by atoms with Crippen LogP contribution in [-0.2, 0) is 5.41 Å². The molecule has 0 aliphatic heterocycles. The van der Waals surface area contributed by atoms with Crippen molar-refractivity contribution >= 4 is 6.08 Å². The van der Waals surface area contributed by atoms with Crippen LogP contribution < -0.4 is 0 Å². The highest BCUT2D eigenvalue weighted by Crippen LogP contribution is 2.41. The van der Waals surface area contributed by atoms with E-state index in [1.807, 2.05) is 0 Å². The molecule has 0 bridgehead atoms. The Bertz CT molecular complexity index is 858. The van der Waals surface area contributed by atoms with Gasteiger partial charge in [-0.2, -0.15) is 0 Å². The van der Waals surface area contributed by atoms with E-state index in [1.54, 1.807) is 0 Å². The first-order valence-corrected chi connectivity index (χ1v) is 11.7. The summed E-state index contributed by atoms with van der Waals surface area (Å²) in [5, 5.41) is 0. The fourth-order valence-corrected chi connectivity index (χ4v) is 5.25. The smallest absolute Gasteiger partial charge is 0.0197 e. The average molecular weight is 389 g/mol. The first kappa shape index (κ1) is 21.9. The summed E-state index contributed by atoms with van der Waals surface area (Å²) >= 11 is 0. The summed E-state index contributed by atoms with van der Waals surface area (Å²) < 4.78 is 0. The lowest BCUT2D eigenvalue weighted by molar-refractivity contribution is 0.287. The Labute approximate surface area is 179 Å². The van der Waals surface area contributed by atoms with Gasteiger partial charge in [-0.3, -0.25) is 0 Å². The van der Waals surface area contributed by atoms with E-state index in [2.05, 4.69) is 90.1 Å². The fourth-order valence-electron chi connectivity index (χ4n) is 5.25. The fraction of sp³-hybridized carbons (Fsp3) is 0.517. The summed E-state index contributed by atoms with van der Waals surface area (Å²) in [6, 6.07) is 14.2. The zero-order valence-electron chi connectivity index (χ0n) is 19.6. The molecule has 2 aromatic rings. The Morgan fingerprint density at radius 2 is 1.38 bits per heavy atom. The molecule has 2 aromatic carbocycles. The second-order valence-corrected chi connectivity index (χ2v) is 9.71. The van der Waals surface area contributed by atoms with Crippen LogP contribution in [0.3, 0.4) is 0 Å². The van der Waals surface area contributed by atoms with Gasteiger partial charge >= 0.3 is 0 Å². The molecule has 0 unspecified atom stereocenters. The molecule has 0 saturated heterocycles. The SMILES string of the molecule is CCC(CC)(c1ccc(C)c(C)c1)c1ccc(/C=C/C2(C)CCCCC2)c(C)c1. The standard InChI is InChI=1S/C29H40/c1-7-29(8-2,26-14-12-22(3)23(4)20-26)27-15-13-25(24(5)21-27)16-19-28(6)17-10-9-11-18-28/h12-16,19-21H,7-11,17-18H2,1-6H3/b19-16+. The summed E-state index contributed by atoms with van der Waals surface area (Å²) in [6.07, 6.45) is 14.0. The zero-order valence-corrected chi connectivity index (χ0v) is 19.6. The van der Waals surface area contributed by atoms with E-state index in [4.69, 9.17) is 0 Å². The van der Waals surface area contributed by atoms with Crippen LogP contribution in [0.1, 0.15) is 99.1 Å². The molecule has 0 radical (unpaired) electrons. The van der Waals surface area contributed by atoms with E-state index in [9.17, 15) is 0 Å². The van der Waals surface area contributed by atoms with E-state index in [-0.39, 0.29) is 5.41 Å². The quantitative estimate of drug-likeness (QED) is 0.464. The first-order valence-electron chi connectivity index (χ1n) is 11.7. The third-order valence-corrected chi connectivity index (χ3v) is 7.75. The first-order chi connectivity index (χ1) is 13.8. The topological polar surface area (TPSA) is 0 Å². The van der Waals surface area contributed by atoms with Crippen molar-refractivity contribution in [1.29, 1.82) is 0 Å². The van der Waals surface area contributed by atoms with Crippen molar-refractivity contribution in [2.45, 2.75) is 91.9 Å². The number of allylic oxidation sites excluding steroid dienone is 1. The maximum Gasteiger partial charge on any atom is 0.0197 e.